The molecule has 0 aliphatic carbocycles. The van der Waals surface area contributed by atoms with Crippen LogP contribution in [0.25, 0.3) is 11.1 Å². The summed E-state index contributed by atoms with van der Waals surface area (Å²) in [5.74, 6) is -0.333. The molecule has 1 aromatic heterocycles. The number of oxazole rings is 1. The van der Waals surface area contributed by atoms with Gasteiger partial charge in [0.15, 0.2) is 17.8 Å². The number of ether oxygens (including phenoxy) is 1. The van der Waals surface area contributed by atoms with Gasteiger partial charge in [-0.05, 0) is 62.3 Å². The van der Waals surface area contributed by atoms with Crippen molar-refractivity contribution in [1.29, 1.82) is 0 Å². The summed E-state index contributed by atoms with van der Waals surface area (Å²) < 4.78 is 23.5. The number of carbonyl (C=O) groups excluding carboxylic acids is 2. The van der Waals surface area contributed by atoms with Gasteiger partial charge in [0, 0.05) is 29.8 Å². The monoisotopic (exact) mass is 411 g/mol. The molecule has 156 valence electrons. The molecular weight excluding hydrogens is 389 g/mol. The van der Waals surface area contributed by atoms with E-state index >= 15 is 0 Å². The number of piperidine rings is 1. The third-order valence-electron chi connectivity index (χ3n) is 5.31. The van der Waals surface area contributed by atoms with E-state index in [0.717, 1.165) is 31.4 Å². The maximum atomic E-state index is 13.0. The van der Waals surface area contributed by atoms with Crippen LogP contribution in [0.4, 0.5) is 14.9 Å². The number of nitrogens with zero attached hydrogens (tertiary/aromatic N) is 2. The summed E-state index contributed by atoms with van der Waals surface area (Å²) in [5, 5.41) is 2.67. The zero-order valence-electron chi connectivity index (χ0n) is 16.3. The Morgan fingerprint density at radius 3 is 2.70 bits per heavy atom. The van der Waals surface area contributed by atoms with Crippen molar-refractivity contribution in [3.8, 4) is 0 Å². The van der Waals surface area contributed by atoms with E-state index in [1.807, 2.05) is 0 Å². The van der Waals surface area contributed by atoms with E-state index in [2.05, 4.69) is 15.2 Å². The Balaban J connectivity index is 1.18. The fourth-order valence-corrected chi connectivity index (χ4v) is 3.62. The fraction of sp³-hybridized carbons (Fsp3) is 0.318. The van der Waals surface area contributed by atoms with Gasteiger partial charge < -0.3 is 9.15 Å². The molecule has 2 aromatic carbocycles. The topological polar surface area (TPSA) is 84.7 Å². The molecule has 0 saturated carbocycles. The number of ketones is 1. The predicted molar refractivity (Wildman–Crippen MR) is 109 cm³/mol. The van der Waals surface area contributed by atoms with Crippen LogP contribution in [0.1, 0.15) is 23.2 Å². The number of halogens is 1. The molecule has 1 saturated heterocycles. The predicted octanol–water partition coefficient (Wildman–Crippen LogP) is 4.11. The lowest BCUT2D eigenvalue weighted by Gasteiger charge is -2.31. The minimum Gasteiger partial charge on any atom is -0.448 e. The molecule has 1 amide bonds. The van der Waals surface area contributed by atoms with E-state index in [1.54, 1.807) is 18.2 Å². The average Bonchev–Trinajstić information content (AvgIpc) is 3.22. The van der Waals surface area contributed by atoms with Gasteiger partial charge in [0.1, 0.15) is 17.9 Å². The summed E-state index contributed by atoms with van der Waals surface area (Å²) in [5.41, 5.74) is 2.43. The molecule has 3 aromatic rings. The number of aromatic nitrogens is 1. The highest BCUT2D eigenvalue weighted by Gasteiger charge is 2.25. The largest absolute Gasteiger partial charge is 0.448 e. The molecule has 1 N–H and O–H groups in total. The zero-order valence-corrected chi connectivity index (χ0v) is 16.3. The molecule has 2 heterocycles. The van der Waals surface area contributed by atoms with Crippen LogP contribution in [0, 0.1) is 11.7 Å². The van der Waals surface area contributed by atoms with Crippen molar-refractivity contribution in [1.82, 2.24) is 9.88 Å². The molecular formula is C22H22FN3O4. The van der Waals surface area contributed by atoms with Crippen LogP contribution in [-0.4, -0.2) is 48.0 Å². The average molecular weight is 411 g/mol. The Morgan fingerprint density at radius 2 is 1.93 bits per heavy atom. The lowest BCUT2D eigenvalue weighted by atomic mass is 9.89. The Hall–Kier alpha value is -3.26. The fourth-order valence-electron chi connectivity index (χ4n) is 3.62. The Labute approximate surface area is 172 Å². The van der Waals surface area contributed by atoms with Gasteiger partial charge in [0.25, 0.3) is 0 Å². The molecule has 8 heteroatoms. The Morgan fingerprint density at radius 1 is 1.17 bits per heavy atom. The first-order valence-electron chi connectivity index (χ1n) is 9.87. The molecule has 30 heavy (non-hydrogen) atoms. The summed E-state index contributed by atoms with van der Waals surface area (Å²) in [6.45, 7) is 2.37. The number of carbonyl (C=O) groups is 2. The van der Waals surface area contributed by atoms with Crippen LogP contribution in [0.5, 0.6) is 0 Å². The normalized spacial score (nSPS) is 15.2. The number of hydrogen-bond donors (Lipinski definition) is 1. The summed E-state index contributed by atoms with van der Waals surface area (Å²) in [6, 6.07) is 10.9. The van der Waals surface area contributed by atoms with Crippen molar-refractivity contribution in [2.45, 2.75) is 12.8 Å². The second-order valence-electron chi connectivity index (χ2n) is 7.28. The smallest absolute Gasteiger partial charge is 0.411 e. The van der Waals surface area contributed by atoms with Crippen molar-refractivity contribution in [3.63, 3.8) is 0 Å². The number of anilines is 1. The van der Waals surface area contributed by atoms with E-state index < -0.39 is 6.09 Å². The third-order valence-corrected chi connectivity index (χ3v) is 5.31. The molecule has 7 nitrogen and oxygen atoms in total. The summed E-state index contributed by atoms with van der Waals surface area (Å²) in [6.07, 6.45) is 2.29. The number of nitrogens with one attached hydrogen (secondary N) is 1. The summed E-state index contributed by atoms with van der Waals surface area (Å²) >= 11 is 0. The lowest BCUT2D eigenvalue weighted by molar-refractivity contribution is 0.0813. The molecule has 0 unspecified atom stereocenters. The standard InChI is InChI=1S/C22H22FN3O4/c23-17-3-1-15(2-4-17)21(27)16-7-9-26(10-8-16)11-12-29-22(28)25-18-5-6-19-20(13-18)30-14-24-19/h1-6,13-14,16H,7-12H2,(H,25,28). The van der Waals surface area contributed by atoms with Gasteiger partial charge in [-0.2, -0.15) is 0 Å². The van der Waals surface area contributed by atoms with Crippen molar-refractivity contribution in [2.24, 2.45) is 5.92 Å². The van der Waals surface area contributed by atoms with E-state index in [4.69, 9.17) is 9.15 Å². The molecule has 0 spiro atoms. The van der Waals surface area contributed by atoms with Crippen molar-refractivity contribution in [3.05, 3.63) is 60.2 Å². The van der Waals surface area contributed by atoms with Gasteiger partial charge in [-0.3, -0.25) is 15.0 Å². The third kappa shape index (κ3) is 4.83. The quantitative estimate of drug-likeness (QED) is 0.615. The second-order valence-corrected chi connectivity index (χ2v) is 7.28. The van der Waals surface area contributed by atoms with Gasteiger partial charge in [0.05, 0.1) is 0 Å². The van der Waals surface area contributed by atoms with Gasteiger partial charge in [-0.25, -0.2) is 14.2 Å². The SMILES string of the molecule is O=C(Nc1ccc2ncoc2c1)OCCN1CCC(C(=O)c2ccc(F)cc2)CC1. The number of hydrogen-bond acceptors (Lipinski definition) is 6. The van der Waals surface area contributed by atoms with Crippen LogP contribution in [0.2, 0.25) is 0 Å². The highest BCUT2D eigenvalue weighted by Crippen LogP contribution is 2.22. The van der Waals surface area contributed by atoms with E-state index in [-0.39, 0.29) is 24.1 Å². The molecule has 0 atom stereocenters. The number of likely N-dealkylation sites (tertiary alicyclic amines) is 1. The van der Waals surface area contributed by atoms with E-state index in [0.29, 0.717) is 23.4 Å². The molecule has 1 fully saturated rings. The maximum absolute atomic E-state index is 13.0. The zero-order chi connectivity index (χ0) is 20.9. The van der Waals surface area contributed by atoms with Crippen LogP contribution >= 0.6 is 0 Å². The number of rotatable bonds is 6. The molecule has 1 aliphatic rings. The number of benzene rings is 2. The molecule has 0 bridgehead atoms. The summed E-state index contributed by atoms with van der Waals surface area (Å²) in [7, 11) is 0. The minimum absolute atomic E-state index is 0.0538. The highest BCUT2D eigenvalue weighted by atomic mass is 19.1. The van der Waals surface area contributed by atoms with Crippen LogP contribution in [0.3, 0.4) is 0 Å². The van der Waals surface area contributed by atoms with Crippen LogP contribution < -0.4 is 5.32 Å². The summed E-state index contributed by atoms with van der Waals surface area (Å²) in [4.78, 5) is 30.7. The Kier molecular flexibility index (Phi) is 6.04. The highest BCUT2D eigenvalue weighted by molar-refractivity contribution is 5.97. The number of Topliss-reactive ketones (excluding diaryl/α,β-unsaturated/α-hetero) is 1. The van der Waals surface area contributed by atoms with Gasteiger partial charge in [0.2, 0.25) is 0 Å². The first kappa shape index (κ1) is 20.0. The Bertz CT molecular complexity index is 1030. The first-order valence-corrected chi connectivity index (χ1v) is 9.87. The molecule has 4 rings (SSSR count). The van der Waals surface area contributed by atoms with Crippen LogP contribution in [-0.2, 0) is 4.74 Å². The molecule has 1 aliphatic heterocycles. The molecule has 0 radical (unpaired) electrons. The first-order chi connectivity index (χ1) is 14.6. The number of fused-ring (bicyclic) bond motifs is 1. The van der Waals surface area contributed by atoms with Crippen molar-refractivity contribution in [2.75, 3.05) is 31.6 Å². The van der Waals surface area contributed by atoms with E-state index in [9.17, 15) is 14.0 Å². The van der Waals surface area contributed by atoms with Gasteiger partial charge in [-0.15, -0.1) is 0 Å². The number of amides is 1. The van der Waals surface area contributed by atoms with Gasteiger partial charge >= 0.3 is 6.09 Å². The van der Waals surface area contributed by atoms with Crippen molar-refractivity contribution < 1.29 is 23.1 Å². The minimum atomic E-state index is -0.532. The van der Waals surface area contributed by atoms with Crippen LogP contribution in [0.15, 0.2) is 53.3 Å². The maximum Gasteiger partial charge on any atom is 0.411 e. The lowest BCUT2D eigenvalue weighted by Crippen LogP contribution is -2.38. The second kappa shape index (κ2) is 9.04. The van der Waals surface area contributed by atoms with Gasteiger partial charge in [-0.1, -0.05) is 0 Å². The van der Waals surface area contributed by atoms with E-state index in [1.165, 1.54) is 30.7 Å². The van der Waals surface area contributed by atoms with Crippen molar-refractivity contribution >= 4 is 28.7 Å².